The molecule has 0 heterocycles. The Bertz CT molecular complexity index is 910. The molecule has 0 radical (unpaired) electrons. The van der Waals surface area contributed by atoms with Crippen LogP contribution in [0.4, 0.5) is 11.4 Å². The first-order valence-electron chi connectivity index (χ1n) is 8.66. The van der Waals surface area contributed by atoms with Crippen molar-refractivity contribution < 1.29 is 14.3 Å². The number of carbonyl (C=O) groups excluding carboxylic acids is 1. The highest BCUT2D eigenvalue weighted by Gasteiger charge is 2.10. The van der Waals surface area contributed by atoms with Crippen LogP contribution in [0.25, 0.3) is 0 Å². The van der Waals surface area contributed by atoms with Gasteiger partial charge in [0, 0.05) is 0 Å². The normalized spacial score (nSPS) is 10.1. The molecule has 0 atom stereocenters. The van der Waals surface area contributed by atoms with Crippen molar-refractivity contribution in [2.75, 3.05) is 24.3 Å². The van der Waals surface area contributed by atoms with Gasteiger partial charge in [0.15, 0.2) is 5.75 Å². The van der Waals surface area contributed by atoms with Gasteiger partial charge in [0.05, 0.1) is 25.0 Å². The van der Waals surface area contributed by atoms with Gasteiger partial charge in [0.25, 0.3) is 0 Å². The van der Waals surface area contributed by atoms with Crippen LogP contribution < -0.4 is 20.1 Å². The molecule has 2 N–H and O–H groups in total. The summed E-state index contributed by atoms with van der Waals surface area (Å²) < 4.78 is 11.2. The van der Waals surface area contributed by atoms with Crippen LogP contribution in [0.2, 0.25) is 0 Å². The summed E-state index contributed by atoms with van der Waals surface area (Å²) in [5, 5.41) is 6.00. The highest BCUT2D eigenvalue weighted by Crippen LogP contribution is 2.29. The number of nitrogens with one attached hydrogen (secondary N) is 2. The summed E-state index contributed by atoms with van der Waals surface area (Å²) >= 11 is 0. The van der Waals surface area contributed by atoms with E-state index in [0.717, 1.165) is 17.0 Å². The fraction of sp³-hybridized carbons (Fsp3) is 0.136. The third kappa shape index (κ3) is 5.01. The van der Waals surface area contributed by atoms with E-state index in [-0.39, 0.29) is 12.5 Å². The van der Waals surface area contributed by atoms with Crippen LogP contribution in [0.15, 0.2) is 72.8 Å². The molecule has 0 aliphatic heterocycles. The monoisotopic (exact) mass is 362 g/mol. The molecule has 27 heavy (non-hydrogen) atoms. The Labute approximate surface area is 158 Å². The molecule has 138 valence electrons. The fourth-order valence-corrected chi connectivity index (χ4v) is 2.61. The quantitative estimate of drug-likeness (QED) is 0.631. The predicted octanol–water partition coefficient (Wildman–Crippen LogP) is 4.85. The second kappa shape index (κ2) is 8.76. The van der Waals surface area contributed by atoms with Crippen LogP contribution in [-0.2, 0) is 4.79 Å². The first kappa shape index (κ1) is 18.3. The van der Waals surface area contributed by atoms with E-state index in [4.69, 9.17) is 9.47 Å². The van der Waals surface area contributed by atoms with E-state index >= 15 is 0 Å². The number of methoxy groups -OCH3 is 1. The molecule has 3 aromatic carbocycles. The number of carbonyl (C=O) groups is 1. The molecule has 0 aliphatic carbocycles. The van der Waals surface area contributed by atoms with Gasteiger partial charge in [-0.15, -0.1) is 0 Å². The Kier molecular flexibility index (Phi) is 5.94. The minimum absolute atomic E-state index is 0.103. The number of hydrogen-bond donors (Lipinski definition) is 2. The largest absolute Gasteiger partial charge is 0.495 e. The third-order valence-corrected chi connectivity index (χ3v) is 3.93. The third-order valence-electron chi connectivity index (χ3n) is 3.93. The number of hydrogen-bond acceptors (Lipinski definition) is 4. The second-order valence-electron chi connectivity index (χ2n) is 6.02. The van der Waals surface area contributed by atoms with E-state index in [9.17, 15) is 4.79 Å². The molecule has 0 fully saturated rings. The Morgan fingerprint density at radius 1 is 0.889 bits per heavy atom. The Balaban J connectivity index is 1.65. The van der Waals surface area contributed by atoms with Crippen molar-refractivity contribution >= 4 is 17.3 Å². The van der Waals surface area contributed by atoms with Crippen LogP contribution >= 0.6 is 0 Å². The molecule has 5 heteroatoms. The van der Waals surface area contributed by atoms with Crippen LogP contribution in [0.3, 0.4) is 0 Å². The highest BCUT2D eigenvalue weighted by atomic mass is 16.5. The predicted molar refractivity (Wildman–Crippen MR) is 108 cm³/mol. The van der Waals surface area contributed by atoms with Crippen LogP contribution in [0.1, 0.15) is 5.56 Å². The van der Waals surface area contributed by atoms with Gasteiger partial charge in [0.2, 0.25) is 5.91 Å². The fourth-order valence-electron chi connectivity index (χ4n) is 2.61. The summed E-state index contributed by atoms with van der Waals surface area (Å²) in [7, 11) is 1.58. The van der Waals surface area contributed by atoms with E-state index in [1.165, 1.54) is 0 Å². The molecule has 1 amide bonds. The van der Waals surface area contributed by atoms with Crippen molar-refractivity contribution in [2.24, 2.45) is 0 Å². The first-order valence-corrected chi connectivity index (χ1v) is 8.66. The van der Waals surface area contributed by atoms with E-state index in [1.807, 2.05) is 79.7 Å². The van der Waals surface area contributed by atoms with Crippen LogP contribution in [-0.4, -0.2) is 19.6 Å². The number of para-hydroxylation sites is 3. The SMILES string of the molecule is COc1ccc(C)cc1NC(=O)CNc1ccccc1Oc1ccccc1. The zero-order chi connectivity index (χ0) is 19.1. The minimum Gasteiger partial charge on any atom is -0.495 e. The number of amides is 1. The lowest BCUT2D eigenvalue weighted by molar-refractivity contribution is -0.114. The smallest absolute Gasteiger partial charge is 0.243 e. The van der Waals surface area contributed by atoms with Crippen LogP contribution in [0.5, 0.6) is 17.2 Å². The van der Waals surface area contributed by atoms with E-state index in [0.29, 0.717) is 17.2 Å². The van der Waals surface area contributed by atoms with Crippen molar-refractivity contribution in [3.05, 3.63) is 78.4 Å². The number of rotatable bonds is 7. The second-order valence-corrected chi connectivity index (χ2v) is 6.02. The van der Waals surface area contributed by atoms with Gasteiger partial charge in [-0.3, -0.25) is 4.79 Å². The standard InChI is InChI=1S/C22H22N2O3/c1-16-12-13-20(26-2)19(14-16)24-22(25)15-23-18-10-6-7-11-21(18)27-17-8-4-3-5-9-17/h3-14,23H,15H2,1-2H3,(H,24,25). The molecule has 5 nitrogen and oxygen atoms in total. The summed E-state index contributed by atoms with van der Waals surface area (Å²) in [6.45, 7) is 2.07. The van der Waals surface area contributed by atoms with E-state index < -0.39 is 0 Å². The molecule has 0 bridgehead atoms. The topological polar surface area (TPSA) is 59.6 Å². The van der Waals surface area contributed by atoms with Gasteiger partial charge in [-0.1, -0.05) is 36.4 Å². The maximum absolute atomic E-state index is 12.4. The number of aryl methyl sites for hydroxylation is 1. The van der Waals surface area contributed by atoms with Gasteiger partial charge in [-0.25, -0.2) is 0 Å². The lowest BCUT2D eigenvalue weighted by Gasteiger charge is -2.14. The average Bonchev–Trinajstić information content (AvgIpc) is 2.68. The summed E-state index contributed by atoms with van der Waals surface area (Å²) in [5.74, 6) is 1.85. The average molecular weight is 362 g/mol. The Morgan fingerprint density at radius 3 is 2.41 bits per heavy atom. The maximum atomic E-state index is 12.4. The van der Waals surface area contributed by atoms with Crippen molar-refractivity contribution in [1.82, 2.24) is 0 Å². The molecule has 0 aromatic heterocycles. The van der Waals surface area contributed by atoms with Gasteiger partial charge < -0.3 is 20.1 Å². The lowest BCUT2D eigenvalue weighted by Crippen LogP contribution is -2.22. The number of ether oxygens (including phenoxy) is 2. The van der Waals surface area contributed by atoms with Crippen molar-refractivity contribution in [3.8, 4) is 17.2 Å². The molecule has 0 unspecified atom stereocenters. The first-order chi connectivity index (χ1) is 13.2. The Hall–Kier alpha value is -3.47. The van der Waals surface area contributed by atoms with Gasteiger partial charge in [0.1, 0.15) is 11.5 Å². The minimum atomic E-state index is -0.173. The molecule has 0 saturated carbocycles. The molecular formula is C22H22N2O3. The summed E-state index contributed by atoms with van der Waals surface area (Å²) in [5.41, 5.74) is 2.44. The van der Waals surface area contributed by atoms with Crippen LogP contribution in [0, 0.1) is 6.92 Å². The van der Waals surface area contributed by atoms with Crippen molar-refractivity contribution in [2.45, 2.75) is 6.92 Å². The summed E-state index contributed by atoms with van der Waals surface area (Å²) in [6.07, 6.45) is 0. The highest BCUT2D eigenvalue weighted by molar-refractivity contribution is 5.95. The maximum Gasteiger partial charge on any atom is 0.243 e. The van der Waals surface area contributed by atoms with Crippen molar-refractivity contribution in [1.29, 1.82) is 0 Å². The molecule has 0 saturated heterocycles. The summed E-state index contributed by atoms with van der Waals surface area (Å²) in [4.78, 5) is 12.4. The Morgan fingerprint density at radius 2 is 1.63 bits per heavy atom. The van der Waals surface area contributed by atoms with Gasteiger partial charge >= 0.3 is 0 Å². The van der Waals surface area contributed by atoms with Crippen molar-refractivity contribution in [3.63, 3.8) is 0 Å². The molecule has 0 spiro atoms. The lowest BCUT2D eigenvalue weighted by atomic mass is 10.2. The van der Waals surface area contributed by atoms with E-state index in [1.54, 1.807) is 7.11 Å². The molecular weight excluding hydrogens is 340 g/mol. The van der Waals surface area contributed by atoms with Gasteiger partial charge in [-0.2, -0.15) is 0 Å². The molecule has 3 aromatic rings. The number of anilines is 2. The summed E-state index contributed by atoms with van der Waals surface area (Å²) in [6, 6.07) is 22.7. The zero-order valence-electron chi connectivity index (χ0n) is 15.4. The zero-order valence-corrected chi connectivity index (χ0v) is 15.4. The van der Waals surface area contributed by atoms with E-state index in [2.05, 4.69) is 10.6 Å². The molecule has 3 rings (SSSR count). The molecule has 0 aliphatic rings. The van der Waals surface area contributed by atoms with Gasteiger partial charge in [-0.05, 0) is 48.9 Å². The number of benzene rings is 3.